The van der Waals surface area contributed by atoms with Crippen molar-refractivity contribution in [3.63, 3.8) is 0 Å². The van der Waals surface area contributed by atoms with Gasteiger partial charge >= 0.3 is 186 Å². The number of hydrogen-bond donors (Lipinski definition) is 2. The van der Waals surface area contributed by atoms with Crippen molar-refractivity contribution in [2.75, 3.05) is 0 Å². The number of aliphatic hydroxyl groups excluding tert-OH is 1. The third kappa shape index (κ3) is 8.15. The first kappa shape index (κ1) is 24.0. The van der Waals surface area contributed by atoms with Gasteiger partial charge in [-0.05, 0) is 0 Å². The summed E-state index contributed by atoms with van der Waals surface area (Å²) in [4.78, 5) is 24.0. The Labute approximate surface area is 185 Å². The van der Waals surface area contributed by atoms with E-state index in [1.165, 1.54) is 4.88 Å². The van der Waals surface area contributed by atoms with Crippen LogP contribution in [0.1, 0.15) is 43.4 Å². The van der Waals surface area contributed by atoms with E-state index < -0.39 is 12.1 Å². The molecule has 1 aromatic rings. The summed E-state index contributed by atoms with van der Waals surface area (Å²) >= 11 is 5.06. The van der Waals surface area contributed by atoms with Crippen LogP contribution in [-0.2, 0) is 16.0 Å². The Morgan fingerprint density at radius 3 is 2.76 bits per heavy atom. The fourth-order valence-electron chi connectivity index (χ4n) is 3.77. The summed E-state index contributed by atoms with van der Waals surface area (Å²) in [6.45, 7) is 0. The molecule has 1 aliphatic rings. The van der Waals surface area contributed by atoms with Gasteiger partial charge in [-0.15, -0.1) is 0 Å². The van der Waals surface area contributed by atoms with Gasteiger partial charge in [-0.2, -0.15) is 0 Å². The number of unbranched alkanes of at least 4 members (excludes halogenated alkanes) is 1. The van der Waals surface area contributed by atoms with Crippen molar-refractivity contribution in [2.45, 2.75) is 51.0 Å². The van der Waals surface area contributed by atoms with Crippen LogP contribution < -0.4 is 0 Å². The molecule has 1 aromatic heterocycles. The number of halogens is 1. The molecule has 155 valence electrons. The van der Waals surface area contributed by atoms with Gasteiger partial charge in [0, 0.05) is 0 Å². The molecule has 0 saturated heterocycles. The van der Waals surface area contributed by atoms with E-state index in [0.717, 1.165) is 10.9 Å². The molecule has 1 saturated carbocycles. The van der Waals surface area contributed by atoms with Crippen LogP contribution >= 0.6 is 27.3 Å². The fourth-order valence-corrected chi connectivity index (χ4v) is 5.22. The van der Waals surface area contributed by atoms with Crippen LogP contribution in [0.2, 0.25) is 0 Å². The standard InChI is InChI=1S/C22H27BBrO4S/c23-13-15-11-21(26)20(5-3-1-2-4-6-22(27)28)19(15)10-8-17(25)7-9-18-12-16(24)14-29-18/h1,3,8,10,12-15,19-21,26H,2,4-7,9,11H2,(H,27,28)/b3-1-,10-8+/t15-,19-,20+,21?/m0/s1. The van der Waals surface area contributed by atoms with Crippen LogP contribution in [0.4, 0.5) is 0 Å². The van der Waals surface area contributed by atoms with Gasteiger partial charge in [-0.3, -0.25) is 0 Å². The molecule has 1 radical (unpaired) electrons. The number of aliphatic carboxylic acids is 1. The second-order valence-corrected chi connectivity index (χ2v) is 9.36. The molecular weight excluding hydrogens is 451 g/mol. The second kappa shape index (κ2) is 12.4. The molecule has 4 nitrogen and oxygen atoms in total. The van der Waals surface area contributed by atoms with Crippen molar-refractivity contribution in [2.24, 2.45) is 17.8 Å². The molecule has 0 bridgehead atoms. The van der Waals surface area contributed by atoms with Gasteiger partial charge in [-0.1, -0.05) is 0 Å². The molecule has 7 heteroatoms. The summed E-state index contributed by atoms with van der Waals surface area (Å²) < 4.78 is 1.04. The number of carbonyl (C=O) groups is 2. The number of carboxylic acids is 1. The maximum absolute atomic E-state index is 12.3. The minimum absolute atomic E-state index is 0.00725. The summed E-state index contributed by atoms with van der Waals surface area (Å²) in [6, 6.07) is 2.03. The van der Waals surface area contributed by atoms with E-state index >= 15 is 0 Å². The molecule has 2 N–H and O–H groups in total. The van der Waals surface area contributed by atoms with Crippen molar-refractivity contribution in [3.05, 3.63) is 45.1 Å². The van der Waals surface area contributed by atoms with E-state index in [1.54, 1.807) is 23.4 Å². The third-order valence-corrected chi connectivity index (χ3v) is 7.08. The maximum atomic E-state index is 12.3. The van der Waals surface area contributed by atoms with Crippen LogP contribution in [0.3, 0.4) is 0 Å². The first-order valence-electron chi connectivity index (χ1n) is 9.94. The summed E-state index contributed by atoms with van der Waals surface area (Å²) in [5.74, 6) is 1.00. The average molecular weight is 478 g/mol. The van der Waals surface area contributed by atoms with Crippen molar-refractivity contribution in [3.8, 4) is 0 Å². The van der Waals surface area contributed by atoms with Crippen molar-refractivity contribution < 1.29 is 19.8 Å². The Balaban J connectivity index is 1.88. The van der Waals surface area contributed by atoms with E-state index in [2.05, 4.69) is 15.9 Å². The Bertz CT molecular complexity index is 758. The Morgan fingerprint density at radius 2 is 2.10 bits per heavy atom. The van der Waals surface area contributed by atoms with Crippen molar-refractivity contribution in [1.82, 2.24) is 0 Å². The molecular formula is C22H27BBrO4S. The molecule has 0 amide bonds. The SMILES string of the molecule is [B]=C[C@@H]1CC(O)[C@H](C/C=C\CCCC(=O)O)[C@H]1/C=C/C(=O)CCc1cc(Br)cs1. The van der Waals surface area contributed by atoms with Gasteiger partial charge in [0.05, 0.1) is 0 Å². The molecule has 29 heavy (non-hydrogen) atoms. The summed E-state index contributed by atoms with van der Waals surface area (Å²) in [7, 11) is 5.78. The Kier molecular flexibility index (Phi) is 10.3. The summed E-state index contributed by atoms with van der Waals surface area (Å²) in [5.41, 5.74) is 0. The molecule has 4 atom stereocenters. The van der Waals surface area contributed by atoms with Gasteiger partial charge in [0.2, 0.25) is 0 Å². The predicted molar refractivity (Wildman–Crippen MR) is 123 cm³/mol. The topological polar surface area (TPSA) is 74.6 Å². The number of hydrogen-bond acceptors (Lipinski definition) is 4. The predicted octanol–water partition coefficient (Wildman–Crippen LogP) is 4.35. The number of thiophene rings is 1. The summed E-state index contributed by atoms with van der Waals surface area (Å²) in [5, 5.41) is 21.1. The number of rotatable bonds is 12. The van der Waals surface area contributed by atoms with Crippen LogP contribution in [0.15, 0.2) is 40.2 Å². The first-order valence-corrected chi connectivity index (χ1v) is 11.6. The normalized spacial score (nSPS) is 24.4. The zero-order chi connectivity index (χ0) is 21.2. The molecule has 1 aliphatic carbocycles. The van der Waals surface area contributed by atoms with Gasteiger partial charge in [0.1, 0.15) is 0 Å². The number of carbonyl (C=O) groups excluding carboxylic acids is 1. The van der Waals surface area contributed by atoms with Gasteiger partial charge in [-0.25, -0.2) is 0 Å². The zero-order valence-electron chi connectivity index (χ0n) is 16.4. The molecule has 1 unspecified atom stereocenters. The van der Waals surface area contributed by atoms with E-state index in [1.807, 2.05) is 29.7 Å². The number of allylic oxidation sites excluding steroid dienone is 4. The second-order valence-electron chi connectivity index (χ2n) is 7.45. The molecule has 0 spiro atoms. The molecule has 0 aliphatic heterocycles. The fraction of sp³-hybridized carbons (Fsp3) is 0.500. The average Bonchev–Trinajstić information content (AvgIpc) is 3.23. The molecule has 1 heterocycles. The quantitative estimate of drug-likeness (QED) is 0.203. The van der Waals surface area contributed by atoms with Crippen LogP contribution in [-0.4, -0.2) is 41.5 Å². The van der Waals surface area contributed by atoms with Crippen LogP contribution in [0, 0.1) is 17.8 Å². The Hall–Kier alpha value is -1.31. The monoisotopic (exact) mass is 477 g/mol. The van der Waals surface area contributed by atoms with Gasteiger partial charge in [0.25, 0.3) is 0 Å². The van der Waals surface area contributed by atoms with E-state index in [0.29, 0.717) is 32.1 Å². The molecule has 2 rings (SSSR count). The molecule has 1 fully saturated rings. The van der Waals surface area contributed by atoms with E-state index in [-0.39, 0.29) is 30.0 Å². The summed E-state index contributed by atoms with van der Waals surface area (Å²) in [6.07, 6.45) is 11.0. The number of carboxylic acid groups (broad SMARTS) is 1. The number of ketones is 1. The Morgan fingerprint density at radius 1 is 1.31 bits per heavy atom. The number of aliphatic hydroxyl groups is 1. The van der Waals surface area contributed by atoms with E-state index in [9.17, 15) is 14.7 Å². The zero-order valence-corrected chi connectivity index (χ0v) is 18.8. The van der Waals surface area contributed by atoms with Crippen LogP contribution in [0.25, 0.3) is 0 Å². The van der Waals surface area contributed by atoms with Gasteiger partial charge < -0.3 is 0 Å². The van der Waals surface area contributed by atoms with Crippen LogP contribution in [0.5, 0.6) is 0 Å². The minimum atomic E-state index is -0.785. The third-order valence-electron chi connectivity index (χ3n) is 5.32. The van der Waals surface area contributed by atoms with E-state index in [4.69, 9.17) is 12.6 Å². The first-order chi connectivity index (χ1) is 13.9. The number of aryl methyl sites for hydroxylation is 1. The van der Waals surface area contributed by atoms with Crippen molar-refractivity contribution in [1.29, 1.82) is 0 Å². The van der Waals surface area contributed by atoms with Gasteiger partial charge in [0.15, 0.2) is 0 Å². The molecule has 0 aromatic carbocycles. The van der Waals surface area contributed by atoms with Crippen molar-refractivity contribution >= 4 is 52.5 Å².